The van der Waals surface area contributed by atoms with Gasteiger partial charge in [-0.15, -0.1) is 0 Å². The fourth-order valence-corrected chi connectivity index (χ4v) is 2.67. The van der Waals surface area contributed by atoms with Gasteiger partial charge in [0.05, 0.1) is 38.3 Å². The van der Waals surface area contributed by atoms with Gasteiger partial charge >= 0.3 is 0 Å². The number of hydrogen-bond acceptors (Lipinski definition) is 7. The number of rotatable bonds is 6. The Hall–Kier alpha value is -2.38. The van der Waals surface area contributed by atoms with Gasteiger partial charge in [-0.05, 0) is 17.7 Å². The standard InChI is InChI=1S/C18H24N4O3/c1-22(2)18-10-19-9-17(21-18)20-15-12-24-8-7-16(15)25-14-5-3-13(11-23)4-6-14/h3-6,9-10,15-16,23H,7-8,11-12H2,1-2H3,(H,20,21)/t15-,16-/m1/s1. The van der Waals surface area contributed by atoms with E-state index in [1.165, 1.54) is 0 Å². The summed E-state index contributed by atoms with van der Waals surface area (Å²) < 4.78 is 11.7. The van der Waals surface area contributed by atoms with E-state index in [-0.39, 0.29) is 18.8 Å². The van der Waals surface area contributed by atoms with Crippen molar-refractivity contribution in [1.29, 1.82) is 0 Å². The second-order valence-corrected chi connectivity index (χ2v) is 6.23. The normalized spacial score (nSPS) is 20.1. The summed E-state index contributed by atoms with van der Waals surface area (Å²) in [4.78, 5) is 10.7. The highest BCUT2D eigenvalue weighted by Gasteiger charge is 2.28. The molecule has 1 aliphatic heterocycles. The van der Waals surface area contributed by atoms with E-state index >= 15 is 0 Å². The third kappa shape index (κ3) is 4.58. The number of aliphatic hydroxyl groups is 1. The quantitative estimate of drug-likeness (QED) is 0.825. The van der Waals surface area contributed by atoms with Crippen LogP contribution >= 0.6 is 0 Å². The van der Waals surface area contributed by atoms with Crippen LogP contribution in [-0.4, -0.2) is 54.5 Å². The molecule has 134 valence electrons. The minimum Gasteiger partial charge on any atom is -0.488 e. The molecule has 3 rings (SSSR count). The zero-order valence-corrected chi connectivity index (χ0v) is 14.6. The molecule has 2 N–H and O–H groups in total. The minimum atomic E-state index is -0.0291. The van der Waals surface area contributed by atoms with E-state index in [9.17, 15) is 0 Å². The number of nitrogens with one attached hydrogen (secondary N) is 1. The van der Waals surface area contributed by atoms with Crippen LogP contribution in [0.25, 0.3) is 0 Å². The van der Waals surface area contributed by atoms with Crippen LogP contribution in [0.15, 0.2) is 36.7 Å². The highest BCUT2D eigenvalue weighted by atomic mass is 16.5. The lowest BCUT2D eigenvalue weighted by Gasteiger charge is -2.32. The molecule has 0 saturated carbocycles. The molecule has 7 nitrogen and oxygen atoms in total. The Balaban J connectivity index is 1.69. The summed E-state index contributed by atoms with van der Waals surface area (Å²) in [5.74, 6) is 2.27. The number of hydrogen-bond donors (Lipinski definition) is 2. The highest BCUT2D eigenvalue weighted by molar-refractivity contribution is 5.43. The van der Waals surface area contributed by atoms with Crippen molar-refractivity contribution in [2.75, 3.05) is 37.5 Å². The molecule has 1 aromatic heterocycles. The SMILES string of the molecule is CN(C)c1cncc(N[C@@H]2COCC[C@H]2Oc2ccc(CO)cc2)n1. The zero-order valence-electron chi connectivity index (χ0n) is 14.6. The molecule has 0 radical (unpaired) electrons. The van der Waals surface area contributed by atoms with E-state index in [1.807, 2.05) is 43.3 Å². The molecule has 1 saturated heterocycles. The lowest BCUT2D eigenvalue weighted by Crippen LogP contribution is -2.45. The molecule has 1 aromatic carbocycles. The Bertz CT molecular complexity index is 678. The summed E-state index contributed by atoms with van der Waals surface area (Å²) in [6.07, 6.45) is 4.19. The molecule has 2 heterocycles. The van der Waals surface area contributed by atoms with Gasteiger partial charge in [-0.3, -0.25) is 4.98 Å². The topological polar surface area (TPSA) is 79.7 Å². The molecule has 0 unspecified atom stereocenters. The van der Waals surface area contributed by atoms with Crippen LogP contribution in [0, 0.1) is 0 Å². The molecule has 0 amide bonds. The molecule has 2 aromatic rings. The Kier molecular flexibility index (Phi) is 5.67. The molecular weight excluding hydrogens is 320 g/mol. The molecule has 7 heteroatoms. The van der Waals surface area contributed by atoms with Crippen molar-refractivity contribution in [2.24, 2.45) is 0 Å². The molecule has 0 spiro atoms. The average molecular weight is 344 g/mol. The summed E-state index contributed by atoms with van der Waals surface area (Å²) in [5.41, 5.74) is 0.866. The molecule has 1 fully saturated rings. The van der Waals surface area contributed by atoms with Crippen LogP contribution < -0.4 is 15.0 Å². The predicted octanol–water partition coefficient (Wildman–Crippen LogP) is 1.68. The van der Waals surface area contributed by atoms with E-state index < -0.39 is 0 Å². The average Bonchev–Trinajstić information content (AvgIpc) is 2.64. The second kappa shape index (κ2) is 8.13. The van der Waals surface area contributed by atoms with Crippen LogP contribution in [0.2, 0.25) is 0 Å². The highest BCUT2D eigenvalue weighted by Crippen LogP contribution is 2.21. The van der Waals surface area contributed by atoms with Gasteiger partial charge < -0.3 is 24.8 Å². The van der Waals surface area contributed by atoms with Crippen molar-refractivity contribution < 1.29 is 14.6 Å². The van der Waals surface area contributed by atoms with Gasteiger partial charge in [0.25, 0.3) is 0 Å². The lowest BCUT2D eigenvalue weighted by atomic mass is 10.1. The zero-order chi connectivity index (χ0) is 17.6. The first-order valence-corrected chi connectivity index (χ1v) is 8.36. The van der Waals surface area contributed by atoms with Gasteiger partial charge in [0.1, 0.15) is 23.5 Å². The van der Waals surface area contributed by atoms with Crippen LogP contribution in [-0.2, 0) is 11.3 Å². The van der Waals surface area contributed by atoms with E-state index in [2.05, 4.69) is 15.3 Å². The van der Waals surface area contributed by atoms with Crippen LogP contribution in [0.4, 0.5) is 11.6 Å². The van der Waals surface area contributed by atoms with E-state index in [1.54, 1.807) is 12.4 Å². The summed E-state index contributed by atoms with van der Waals surface area (Å²) in [7, 11) is 3.86. The minimum absolute atomic E-state index is 0.0158. The van der Waals surface area contributed by atoms with Crippen molar-refractivity contribution >= 4 is 11.6 Å². The van der Waals surface area contributed by atoms with Crippen molar-refractivity contribution in [3.05, 3.63) is 42.2 Å². The van der Waals surface area contributed by atoms with Crippen molar-refractivity contribution in [3.8, 4) is 5.75 Å². The third-order valence-electron chi connectivity index (χ3n) is 4.10. The molecule has 0 aliphatic carbocycles. The molecule has 1 aliphatic rings. The van der Waals surface area contributed by atoms with Crippen molar-refractivity contribution in [1.82, 2.24) is 9.97 Å². The number of aromatic nitrogens is 2. The maximum absolute atomic E-state index is 9.13. The van der Waals surface area contributed by atoms with Gasteiger partial charge in [-0.1, -0.05) is 12.1 Å². The fraction of sp³-hybridized carbons (Fsp3) is 0.444. The first-order valence-electron chi connectivity index (χ1n) is 8.36. The fourth-order valence-electron chi connectivity index (χ4n) is 2.67. The van der Waals surface area contributed by atoms with E-state index in [0.29, 0.717) is 19.0 Å². The molecule has 2 atom stereocenters. The molecule has 25 heavy (non-hydrogen) atoms. The van der Waals surface area contributed by atoms with Gasteiger partial charge in [-0.25, -0.2) is 4.98 Å². The summed E-state index contributed by atoms with van der Waals surface area (Å²) in [6, 6.07) is 7.47. The number of ether oxygens (including phenoxy) is 2. The van der Waals surface area contributed by atoms with E-state index in [0.717, 1.165) is 23.6 Å². The monoisotopic (exact) mass is 344 g/mol. The Labute approximate surface area is 147 Å². The first-order chi connectivity index (χ1) is 12.2. The largest absolute Gasteiger partial charge is 0.488 e. The summed E-state index contributed by atoms with van der Waals surface area (Å²) in [6.45, 7) is 1.25. The number of aliphatic hydroxyl groups excluding tert-OH is 1. The van der Waals surface area contributed by atoms with Crippen LogP contribution in [0.3, 0.4) is 0 Å². The summed E-state index contributed by atoms with van der Waals surface area (Å²) in [5, 5.41) is 12.5. The predicted molar refractivity (Wildman–Crippen MR) is 96.0 cm³/mol. The van der Waals surface area contributed by atoms with Gasteiger partial charge in [0.15, 0.2) is 0 Å². The molecular formula is C18H24N4O3. The van der Waals surface area contributed by atoms with Gasteiger partial charge in [-0.2, -0.15) is 0 Å². The smallest absolute Gasteiger partial charge is 0.149 e. The number of nitrogens with zero attached hydrogens (tertiary/aromatic N) is 3. The second-order valence-electron chi connectivity index (χ2n) is 6.23. The lowest BCUT2D eigenvalue weighted by molar-refractivity contribution is 0.0146. The Morgan fingerprint density at radius 3 is 2.80 bits per heavy atom. The van der Waals surface area contributed by atoms with Gasteiger partial charge in [0.2, 0.25) is 0 Å². The molecule has 0 bridgehead atoms. The van der Waals surface area contributed by atoms with Crippen molar-refractivity contribution in [2.45, 2.75) is 25.2 Å². The Morgan fingerprint density at radius 2 is 2.08 bits per heavy atom. The van der Waals surface area contributed by atoms with Gasteiger partial charge in [0, 0.05) is 20.5 Å². The summed E-state index contributed by atoms with van der Waals surface area (Å²) >= 11 is 0. The van der Waals surface area contributed by atoms with E-state index in [4.69, 9.17) is 14.6 Å². The first kappa shape index (κ1) is 17.4. The maximum atomic E-state index is 9.13. The van der Waals surface area contributed by atoms with Crippen LogP contribution in [0.1, 0.15) is 12.0 Å². The third-order valence-corrected chi connectivity index (χ3v) is 4.10. The maximum Gasteiger partial charge on any atom is 0.149 e. The Morgan fingerprint density at radius 1 is 1.28 bits per heavy atom. The number of anilines is 2. The van der Waals surface area contributed by atoms with Crippen molar-refractivity contribution in [3.63, 3.8) is 0 Å². The number of benzene rings is 1. The van der Waals surface area contributed by atoms with Crippen LogP contribution in [0.5, 0.6) is 5.75 Å².